The average Bonchev–Trinajstić information content (AvgIpc) is 2.50. The Morgan fingerprint density at radius 3 is 2.50 bits per heavy atom. The average molecular weight is 195 g/mol. The molecule has 3 heteroatoms. The van der Waals surface area contributed by atoms with Crippen LogP contribution in [-0.4, -0.2) is 11.8 Å². The van der Waals surface area contributed by atoms with E-state index >= 15 is 0 Å². The molecule has 0 spiro atoms. The molecule has 3 nitrogen and oxygen atoms in total. The van der Waals surface area contributed by atoms with Crippen LogP contribution in [0, 0.1) is 5.92 Å². The van der Waals surface area contributed by atoms with Crippen molar-refractivity contribution in [3.63, 3.8) is 0 Å². The Hall–Kier alpha value is -1.25. The molecule has 0 bridgehead atoms. The second kappa shape index (κ2) is 4.31. The van der Waals surface area contributed by atoms with Gasteiger partial charge in [0, 0.05) is 18.0 Å². The molecule has 0 saturated heterocycles. The Kier molecular flexibility index (Phi) is 3.33. The zero-order valence-electron chi connectivity index (χ0n) is 9.13. The van der Waals surface area contributed by atoms with Gasteiger partial charge in [-0.2, -0.15) is 0 Å². The van der Waals surface area contributed by atoms with E-state index < -0.39 is 0 Å². The minimum Gasteiger partial charge on any atom is -0.459 e. The standard InChI is InChI=1S/C11H17NO2/c1-7(2)11(13)10-5-9(6-14-10)12-8(3)4/h5-8,12H,1-4H3. The highest BCUT2D eigenvalue weighted by molar-refractivity contribution is 5.95. The summed E-state index contributed by atoms with van der Waals surface area (Å²) < 4.78 is 5.18. The van der Waals surface area contributed by atoms with Crippen LogP contribution < -0.4 is 5.32 Å². The van der Waals surface area contributed by atoms with Gasteiger partial charge in [-0.15, -0.1) is 0 Å². The van der Waals surface area contributed by atoms with Gasteiger partial charge in [-0.1, -0.05) is 13.8 Å². The van der Waals surface area contributed by atoms with E-state index in [1.807, 2.05) is 27.7 Å². The monoisotopic (exact) mass is 195 g/mol. The molecule has 1 aromatic rings. The lowest BCUT2D eigenvalue weighted by Crippen LogP contribution is -2.09. The molecule has 0 amide bonds. The zero-order valence-corrected chi connectivity index (χ0v) is 9.13. The van der Waals surface area contributed by atoms with Crippen molar-refractivity contribution in [3.05, 3.63) is 18.1 Å². The molecule has 78 valence electrons. The number of ketones is 1. The van der Waals surface area contributed by atoms with Gasteiger partial charge in [-0.3, -0.25) is 4.79 Å². The van der Waals surface area contributed by atoms with Crippen molar-refractivity contribution in [2.75, 3.05) is 5.32 Å². The molecule has 0 aliphatic carbocycles. The lowest BCUT2D eigenvalue weighted by molar-refractivity contribution is 0.0911. The number of Topliss-reactive ketones (excluding diaryl/α,β-unsaturated/α-hetero) is 1. The number of rotatable bonds is 4. The van der Waals surface area contributed by atoms with Crippen molar-refractivity contribution < 1.29 is 9.21 Å². The molecular weight excluding hydrogens is 178 g/mol. The highest BCUT2D eigenvalue weighted by Crippen LogP contribution is 2.17. The van der Waals surface area contributed by atoms with Crippen LogP contribution in [0.2, 0.25) is 0 Å². The summed E-state index contributed by atoms with van der Waals surface area (Å²) in [6.07, 6.45) is 1.58. The maximum Gasteiger partial charge on any atom is 0.200 e. The number of anilines is 1. The van der Waals surface area contributed by atoms with Crippen molar-refractivity contribution in [1.29, 1.82) is 0 Å². The van der Waals surface area contributed by atoms with Crippen LogP contribution in [0.5, 0.6) is 0 Å². The third-order valence-electron chi connectivity index (χ3n) is 1.82. The van der Waals surface area contributed by atoms with Crippen LogP contribution in [0.15, 0.2) is 16.7 Å². The molecule has 1 aromatic heterocycles. The van der Waals surface area contributed by atoms with Gasteiger partial charge in [0.2, 0.25) is 5.78 Å². The van der Waals surface area contributed by atoms with Gasteiger partial charge in [-0.25, -0.2) is 0 Å². The predicted octanol–water partition coefficient (Wildman–Crippen LogP) is 2.94. The van der Waals surface area contributed by atoms with Crippen molar-refractivity contribution in [1.82, 2.24) is 0 Å². The van der Waals surface area contributed by atoms with E-state index in [4.69, 9.17) is 4.42 Å². The largest absolute Gasteiger partial charge is 0.459 e. The molecule has 1 rings (SSSR count). The van der Waals surface area contributed by atoms with Gasteiger partial charge in [0.05, 0.1) is 5.69 Å². The molecule has 1 heterocycles. The summed E-state index contributed by atoms with van der Waals surface area (Å²) in [5.74, 6) is 0.456. The first-order valence-corrected chi connectivity index (χ1v) is 4.90. The fourth-order valence-corrected chi connectivity index (χ4v) is 1.16. The summed E-state index contributed by atoms with van der Waals surface area (Å²) in [6.45, 7) is 7.80. The Morgan fingerprint density at radius 2 is 2.00 bits per heavy atom. The number of carbonyl (C=O) groups is 1. The maximum absolute atomic E-state index is 11.5. The maximum atomic E-state index is 11.5. The number of furan rings is 1. The molecule has 0 aliphatic heterocycles. The first-order chi connectivity index (χ1) is 6.50. The van der Waals surface area contributed by atoms with Crippen molar-refractivity contribution in [3.8, 4) is 0 Å². The predicted molar refractivity (Wildman–Crippen MR) is 56.6 cm³/mol. The molecule has 0 radical (unpaired) electrons. The zero-order chi connectivity index (χ0) is 10.7. The first-order valence-electron chi connectivity index (χ1n) is 4.90. The minimum atomic E-state index is -0.0203. The molecule has 0 saturated carbocycles. The topological polar surface area (TPSA) is 42.2 Å². The van der Waals surface area contributed by atoms with E-state index in [1.165, 1.54) is 0 Å². The number of carbonyl (C=O) groups excluding carboxylic acids is 1. The Bertz CT molecular complexity index is 313. The molecule has 0 atom stereocenters. The van der Waals surface area contributed by atoms with E-state index in [0.717, 1.165) is 5.69 Å². The van der Waals surface area contributed by atoms with Gasteiger partial charge < -0.3 is 9.73 Å². The van der Waals surface area contributed by atoms with Gasteiger partial charge in [0.15, 0.2) is 5.76 Å². The molecule has 0 aliphatic rings. The Balaban J connectivity index is 2.73. The lowest BCUT2D eigenvalue weighted by atomic mass is 10.1. The summed E-state index contributed by atoms with van der Waals surface area (Å²) in [7, 11) is 0. The molecule has 0 fully saturated rings. The van der Waals surface area contributed by atoms with Crippen LogP contribution in [-0.2, 0) is 0 Å². The SMILES string of the molecule is CC(C)Nc1coc(C(=O)C(C)C)c1. The Labute approximate surface area is 84.5 Å². The second-order valence-electron chi connectivity index (χ2n) is 4.02. The minimum absolute atomic E-state index is 0.0203. The van der Waals surface area contributed by atoms with E-state index in [-0.39, 0.29) is 11.7 Å². The normalized spacial score (nSPS) is 11.0. The highest BCUT2D eigenvalue weighted by Gasteiger charge is 2.14. The van der Waals surface area contributed by atoms with Crippen LogP contribution in [0.25, 0.3) is 0 Å². The van der Waals surface area contributed by atoms with Crippen LogP contribution in [0.3, 0.4) is 0 Å². The van der Waals surface area contributed by atoms with E-state index in [1.54, 1.807) is 12.3 Å². The third kappa shape index (κ3) is 2.62. The molecule has 1 N–H and O–H groups in total. The molecular formula is C11H17NO2. The first kappa shape index (κ1) is 10.8. The van der Waals surface area contributed by atoms with E-state index in [9.17, 15) is 4.79 Å². The van der Waals surface area contributed by atoms with Crippen LogP contribution in [0.1, 0.15) is 38.2 Å². The fourth-order valence-electron chi connectivity index (χ4n) is 1.16. The Morgan fingerprint density at radius 1 is 1.36 bits per heavy atom. The molecule has 14 heavy (non-hydrogen) atoms. The summed E-state index contributed by atoms with van der Waals surface area (Å²) in [5.41, 5.74) is 0.865. The molecule has 0 aromatic carbocycles. The number of hydrogen-bond donors (Lipinski definition) is 1. The van der Waals surface area contributed by atoms with Crippen molar-refractivity contribution in [2.24, 2.45) is 5.92 Å². The quantitative estimate of drug-likeness (QED) is 0.751. The molecule has 0 unspecified atom stereocenters. The van der Waals surface area contributed by atoms with Crippen LogP contribution in [0.4, 0.5) is 5.69 Å². The lowest BCUT2D eigenvalue weighted by Gasteiger charge is -2.04. The summed E-state index contributed by atoms with van der Waals surface area (Å²) in [4.78, 5) is 11.5. The third-order valence-corrected chi connectivity index (χ3v) is 1.82. The fraction of sp³-hybridized carbons (Fsp3) is 0.545. The van der Waals surface area contributed by atoms with Gasteiger partial charge in [-0.05, 0) is 13.8 Å². The van der Waals surface area contributed by atoms with E-state index in [2.05, 4.69) is 5.32 Å². The summed E-state index contributed by atoms with van der Waals surface area (Å²) >= 11 is 0. The number of nitrogens with one attached hydrogen (secondary N) is 1. The van der Waals surface area contributed by atoms with Gasteiger partial charge in [0.1, 0.15) is 6.26 Å². The van der Waals surface area contributed by atoms with Gasteiger partial charge in [0.25, 0.3) is 0 Å². The van der Waals surface area contributed by atoms with Gasteiger partial charge >= 0.3 is 0 Å². The van der Waals surface area contributed by atoms with Crippen molar-refractivity contribution >= 4 is 11.5 Å². The summed E-state index contributed by atoms with van der Waals surface area (Å²) in [5, 5.41) is 3.17. The second-order valence-corrected chi connectivity index (χ2v) is 4.02. The smallest absolute Gasteiger partial charge is 0.200 e. The number of hydrogen-bond acceptors (Lipinski definition) is 3. The van der Waals surface area contributed by atoms with Crippen LogP contribution >= 0.6 is 0 Å². The highest BCUT2D eigenvalue weighted by atomic mass is 16.3. The van der Waals surface area contributed by atoms with Crippen molar-refractivity contribution in [2.45, 2.75) is 33.7 Å². The van der Waals surface area contributed by atoms with E-state index in [0.29, 0.717) is 11.8 Å². The summed E-state index contributed by atoms with van der Waals surface area (Å²) in [6, 6.07) is 2.09.